The van der Waals surface area contributed by atoms with Crippen molar-refractivity contribution in [2.45, 2.75) is 31.6 Å². The Bertz CT molecular complexity index is 929. The van der Waals surface area contributed by atoms with Crippen LogP contribution in [0, 0.1) is 5.92 Å². The van der Waals surface area contributed by atoms with Crippen LogP contribution in [0.2, 0.25) is 0 Å². The van der Waals surface area contributed by atoms with Crippen LogP contribution in [0.5, 0.6) is 0 Å². The number of esters is 1. The van der Waals surface area contributed by atoms with Crippen LogP contribution >= 0.6 is 0 Å². The molecule has 28 heavy (non-hydrogen) atoms. The lowest BCUT2D eigenvalue weighted by Gasteiger charge is -2.37. The molecule has 144 valence electrons. The Balaban J connectivity index is 1.81. The van der Waals surface area contributed by atoms with E-state index in [4.69, 9.17) is 9.15 Å². The van der Waals surface area contributed by atoms with Crippen LogP contribution in [0.15, 0.2) is 64.4 Å². The summed E-state index contributed by atoms with van der Waals surface area (Å²) in [5.41, 5.74) is 1.97. The lowest BCUT2D eigenvalue weighted by molar-refractivity contribution is -0.152. The number of ketones is 1. The minimum Gasteiger partial charge on any atom is -0.469 e. The van der Waals surface area contributed by atoms with E-state index in [0.717, 1.165) is 5.56 Å². The molecule has 6 heteroatoms. The van der Waals surface area contributed by atoms with Crippen LogP contribution in [0.3, 0.4) is 0 Å². The van der Waals surface area contributed by atoms with Crippen molar-refractivity contribution in [3.63, 3.8) is 0 Å². The molecule has 3 atom stereocenters. The fourth-order valence-corrected chi connectivity index (χ4v) is 4.19. The molecular formula is C22H21NO5. The van der Waals surface area contributed by atoms with Gasteiger partial charge in [-0.1, -0.05) is 30.3 Å². The van der Waals surface area contributed by atoms with Gasteiger partial charge in [0.2, 0.25) is 5.91 Å². The van der Waals surface area contributed by atoms with E-state index >= 15 is 0 Å². The quantitative estimate of drug-likeness (QED) is 0.652. The first-order valence-corrected chi connectivity index (χ1v) is 9.42. The van der Waals surface area contributed by atoms with Gasteiger partial charge in [-0.15, -0.1) is 0 Å². The molecule has 0 fully saturated rings. The largest absolute Gasteiger partial charge is 0.469 e. The molecule has 1 N–H and O–H groups in total. The van der Waals surface area contributed by atoms with Gasteiger partial charge in [-0.25, -0.2) is 0 Å². The number of nitrogens with one attached hydrogen (secondary N) is 1. The second kappa shape index (κ2) is 7.46. The van der Waals surface area contributed by atoms with E-state index in [1.165, 1.54) is 6.26 Å². The molecule has 2 aliphatic rings. The summed E-state index contributed by atoms with van der Waals surface area (Å²) >= 11 is 0. The van der Waals surface area contributed by atoms with Crippen molar-refractivity contribution in [2.24, 2.45) is 5.92 Å². The average Bonchev–Trinajstić information content (AvgIpc) is 3.22. The number of furan rings is 1. The number of hydrogen-bond acceptors (Lipinski definition) is 5. The second-order valence-electron chi connectivity index (χ2n) is 7.03. The number of hydrogen-bond donors (Lipinski definition) is 1. The Morgan fingerprint density at radius 2 is 1.93 bits per heavy atom. The van der Waals surface area contributed by atoms with Gasteiger partial charge < -0.3 is 14.5 Å². The molecule has 6 nitrogen and oxygen atoms in total. The predicted molar refractivity (Wildman–Crippen MR) is 100 cm³/mol. The molecule has 0 bridgehead atoms. The van der Waals surface area contributed by atoms with Gasteiger partial charge in [0.1, 0.15) is 11.7 Å². The van der Waals surface area contributed by atoms with Crippen molar-refractivity contribution in [2.75, 3.05) is 6.61 Å². The van der Waals surface area contributed by atoms with Gasteiger partial charge in [-0.2, -0.15) is 0 Å². The molecule has 0 unspecified atom stereocenters. The summed E-state index contributed by atoms with van der Waals surface area (Å²) in [7, 11) is 0. The number of benzene rings is 1. The lowest BCUT2D eigenvalue weighted by atomic mass is 9.69. The summed E-state index contributed by atoms with van der Waals surface area (Å²) in [4.78, 5) is 38.6. The van der Waals surface area contributed by atoms with Crippen molar-refractivity contribution < 1.29 is 23.5 Å². The molecule has 4 rings (SSSR count). The van der Waals surface area contributed by atoms with Crippen LogP contribution in [0.1, 0.15) is 42.9 Å². The Kier molecular flexibility index (Phi) is 4.86. The van der Waals surface area contributed by atoms with E-state index in [-0.39, 0.29) is 30.6 Å². The third-order valence-electron chi connectivity index (χ3n) is 5.38. The van der Waals surface area contributed by atoms with Crippen molar-refractivity contribution in [3.05, 3.63) is 71.3 Å². The lowest BCUT2D eigenvalue weighted by Crippen LogP contribution is -2.44. The summed E-state index contributed by atoms with van der Waals surface area (Å²) in [6.07, 6.45) is 2.03. The highest BCUT2D eigenvalue weighted by molar-refractivity contribution is 6.12. The topological polar surface area (TPSA) is 85.6 Å². The fraction of sp³-hybridized carbons (Fsp3) is 0.318. The molecule has 1 aromatic carbocycles. The van der Waals surface area contributed by atoms with Gasteiger partial charge in [0.05, 0.1) is 12.9 Å². The van der Waals surface area contributed by atoms with Crippen LogP contribution in [-0.2, 0) is 19.1 Å². The summed E-state index contributed by atoms with van der Waals surface area (Å²) in [6.45, 7) is 1.91. The first-order chi connectivity index (χ1) is 13.6. The number of Topliss-reactive ketones (excluding diaryl/α,β-unsaturated/α-hetero) is 1. The maximum atomic E-state index is 13.5. The van der Waals surface area contributed by atoms with Crippen molar-refractivity contribution in [1.82, 2.24) is 5.32 Å². The number of rotatable bonds is 4. The van der Waals surface area contributed by atoms with Crippen LogP contribution < -0.4 is 5.32 Å². The third kappa shape index (κ3) is 3.15. The van der Waals surface area contributed by atoms with E-state index in [1.807, 2.05) is 30.3 Å². The normalized spacial score (nSPS) is 24.5. The summed E-state index contributed by atoms with van der Waals surface area (Å²) in [5, 5.41) is 2.86. The molecule has 1 aromatic heterocycles. The maximum Gasteiger partial charge on any atom is 0.317 e. The van der Waals surface area contributed by atoms with E-state index in [1.54, 1.807) is 19.1 Å². The minimum absolute atomic E-state index is 0.131. The standard InChI is InChI=1S/C22H21NO5/c1-2-27-22(26)20-15(17-9-6-10-28-17)11-16-19(21(20)25)14(12-18(24)23-16)13-7-4-3-5-8-13/h3-10,14-15,20H,2,11-12H2,1H3,(H,23,24)/t14-,15+,20+/m0/s1. The smallest absolute Gasteiger partial charge is 0.317 e. The zero-order chi connectivity index (χ0) is 19.7. The summed E-state index contributed by atoms with van der Waals surface area (Å²) in [5.74, 6) is -2.30. The monoisotopic (exact) mass is 379 g/mol. The maximum absolute atomic E-state index is 13.5. The number of carbonyl (C=O) groups excluding carboxylic acids is 3. The molecular weight excluding hydrogens is 358 g/mol. The molecule has 1 aliphatic heterocycles. The fourth-order valence-electron chi connectivity index (χ4n) is 4.19. The minimum atomic E-state index is -0.980. The van der Waals surface area contributed by atoms with Gasteiger partial charge >= 0.3 is 5.97 Å². The highest BCUT2D eigenvalue weighted by Gasteiger charge is 2.48. The van der Waals surface area contributed by atoms with Gasteiger partial charge in [0.15, 0.2) is 5.78 Å². The second-order valence-corrected chi connectivity index (χ2v) is 7.03. The van der Waals surface area contributed by atoms with Gasteiger partial charge in [-0.3, -0.25) is 14.4 Å². The number of amides is 1. The first kappa shape index (κ1) is 18.2. The Labute approximate surface area is 162 Å². The van der Waals surface area contributed by atoms with Crippen molar-refractivity contribution in [1.29, 1.82) is 0 Å². The molecule has 0 saturated heterocycles. The third-order valence-corrected chi connectivity index (χ3v) is 5.38. The average molecular weight is 379 g/mol. The van der Waals surface area contributed by atoms with E-state index in [9.17, 15) is 14.4 Å². The van der Waals surface area contributed by atoms with E-state index in [0.29, 0.717) is 23.5 Å². The molecule has 1 amide bonds. The zero-order valence-corrected chi connectivity index (χ0v) is 15.5. The molecule has 0 saturated carbocycles. The van der Waals surface area contributed by atoms with Gasteiger partial charge in [-0.05, 0) is 31.0 Å². The van der Waals surface area contributed by atoms with Gasteiger partial charge in [0.25, 0.3) is 0 Å². The van der Waals surface area contributed by atoms with E-state index in [2.05, 4.69) is 5.32 Å². The highest BCUT2D eigenvalue weighted by Crippen LogP contribution is 2.45. The van der Waals surface area contributed by atoms with Gasteiger partial charge in [0, 0.05) is 29.5 Å². The number of carbonyl (C=O) groups is 3. The van der Waals surface area contributed by atoms with Crippen LogP contribution in [-0.4, -0.2) is 24.3 Å². The summed E-state index contributed by atoms with van der Waals surface area (Å²) in [6, 6.07) is 12.9. The molecule has 0 radical (unpaired) electrons. The summed E-state index contributed by atoms with van der Waals surface area (Å²) < 4.78 is 10.7. The highest BCUT2D eigenvalue weighted by atomic mass is 16.5. The molecule has 1 aliphatic carbocycles. The predicted octanol–water partition coefficient (Wildman–Crippen LogP) is 3.07. The Morgan fingerprint density at radius 3 is 2.61 bits per heavy atom. The molecule has 0 spiro atoms. The molecule has 2 aromatic rings. The Morgan fingerprint density at radius 1 is 1.14 bits per heavy atom. The zero-order valence-electron chi connectivity index (χ0n) is 15.5. The first-order valence-electron chi connectivity index (χ1n) is 9.42. The van der Waals surface area contributed by atoms with Crippen LogP contribution in [0.4, 0.5) is 0 Å². The molecule has 2 heterocycles. The number of allylic oxidation sites excluding steroid dienone is 2. The van der Waals surface area contributed by atoms with Crippen molar-refractivity contribution >= 4 is 17.7 Å². The number of ether oxygens (including phenoxy) is 1. The van der Waals surface area contributed by atoms with Crippen LogP contribution in [0.25, 0.3) is 0 Å². The van der Waals surface area contributed by atoms with Crippen molar-refractivity contribution in [3.8, 4) is 0 Å². The SMILES string of the molecule is CCOC(=O)[C@H]1C(=O)C2=C(C[C@@H]1c1ccco1)NC(=O)C[C@H]2c1ccccc1. The van der Waals surface area contributed by atoms with E-state index < -0.39 is 17.8 Å². The Hall–Kier alpha value is -3.15.